The van der Waals surface area contributed by atoms with Crippen LogP contribution in [0.15, 0.2) is 50.7 Å². The molecule has 0 bridgehead atoms. The number of rotatable bonds is 5. The van der Waals surface area contributed by atoms with Gasteiger partial charge in [-0.15, -0.1) is 11.3 Å². The van der Waals surface area contributed by atoms with Gasteiger partial charge in [-0.2, -0.15) is 0 Å². The predicted molar refractivity (Wildman–Crippen MR) is 123 cm³/mol. The minimum absolute atomic E-state index is 0.176. The first-order valence-electron chi connectivity index (χ1n) is 8.76. The quantitative estimate of drug-likeness (QED) is 0.493. The van der Waals surface area contributed by atoms with Crippen molar-refractivity contribution in [3.05, 3.63) is 66.2 Å². The topological polar surface area (TPSA) is 62.5 Å². The van der Waals surface area contributed by atoms with Crippen LogP contribution in [0.5, 0.6) is 0 Å². The summed E-state index contributed by atoms with van der Waals surface area (Å²) in [5.74, 6) is 0.836. The van der Waals surface area contributed by atoms with Crippen LogP contribution < -0.4 is 5.32 Å². The van der Waals surface area contributed by atoms with Gasteiger partial charge in [-0.1, -0.05) is 11.6 Å². The first kappa shape index (κ1) is 20.6. The van der Waals surface area contributed by atoms with Gasteiger partial charge in [0, 0.05) is 24.8 Å². The van der Waals surface area contributed by atoms with Gasteiger partial charge in [0.1, 0.15) is 10.4 Å². The van der Waals surface area contributed by atoms with Crippen LogP contribution >= 0.6 is 54.8 Å². The number of halogens is 3. The molecule has 0 saturated carbocycles. The molecular weight excluding hydrogens is 542 g/mol. The van der Waals surface area contributed by atoms with E-state index >= 15 is 0 Å². The number of amidine groups is 1. The van der Waals surface area contributed by atoms with E-state index in [1.165, 1.54) is 11.3 Å². The third-order valence-electron chi connectivity index (χ3n) is 4.50. The lowest BCUT2D eigenvalue weighted by Gasteiger charge is -2.14. The van der Waals surface area contributed by atoms with Crippen LogP contribution in [0, 0.1) is 0 Å². The number of hydrogen-bond acceptors (Lipinski definition) is 5. The second-order valence-corrected chi connectivity index (χ2v) is 9.59. The van der Waals surface area contributed by atoms with Crippen molar-refractivity contribution >= 4 is 66.5 Å². The number of nitrogens with zero attached hydrogens (tertiary/aromatic N) is 4. The molecule has 29 heavy (non-hydrogen) atoms. The molecule has 0 spiro atoms. The van der Waals surface area contributed by atoms with Crippen molar-refractivity contribution in [1.82, 2.24) is 19.8 Å². The standard InChI is InChI=1S/C19H16Br2ClN5OS/c1-26-9-8-23-17(26)11-2-4-12(5-3-11)27-16(20)13(25-19(27)21)10-24-18(28)14-6-7-15(22)29-14/h2-7H,8-10H2,1H3,(H,24,28). The van der Waals surface area contributed by atoms with E-state index in [2.05, 4.69) is 64.2 Å². The second kappa shape index (κ2) is 8.59. The molecule has 1 N–H and O–H groups in total. The Morgan fingerprint density at radius 2 is 2.00 bits per heavy atom. The van der Waals surface area contributed by atoms with Crippen molar-refractivity contribution in [2.24, 2.45) is 4.99 Å². The van der Waals surface area contributed by atoms with Crippen molar-refractivity contribution in [3.63, 3.8) is 0 Å². The first-order chi connectivity index (χ1) is 13.9. The van der Waals surface area contributed by atoms with Crippen LogP contribution in [-0.4, -0.2) is 46.3 Å². The van der Waals surface area contributed by atoms with Gasteiger partial charge < -0.3 is 10.2 Å². The lowest BCUT2D eigenvalue weighted by atomic mass is 10.2. The van der Waals surface area contributed by atoms with Crippen LogP contribution in [0.3, 0.4) is 0 Å². The van der Waals surface area contributed by atoms with E-state index in [1.807, 2.05) is 23.7 Å². The van der Waals surface area contributed by atoms with Gasteiger partial charge >= 0.3 is 0 Å². The van der Waals surface area contributed by atoms with Crippen molar-refractivity contribution < 1.29 is 4.79 Å². The number of likely N-dealkylation sites (N-methyl/N-ethyl adjacent to an activating group) is 1. The first-order valence-corrected chi connectivity index (χ1v) is 11.5. The van der Waals surface area contributed by atoms with Crippen molar-refractivity contribution in [3.8, 4) is 5.69 Å². The maximum atomic E-state index is 12.3. The summed E-state index contributed by atoms with van der Waals surface area (Å²) in [6, 6.07) is 11.6. The Kier molecular flexibility index (Phi) is 6.10. The maximum absolute atomic E-state index is 12.3. The Morgan fingerprint density at radius 1 is 1.24 bits per heavy atom. The summed E-state index contributed by atoms with van der Waals surface area (Å²) in [5.41, 5.74) is 2.75. The van der Waals surface area contributed by atoms with E-state index in [0.717, 1.165) is 40.5 Å². The summed E-state index contributed by atoms with van der Waals surface area (Å²) >= 11 is 14.3. The number of aliphatic imine (C=N–C) groups is 1. The molecule has 1 amide bonds. The van der Waals surface area contributed by atoms with E-state index in [1.54, 1.807) is 12.1 Å². The molecular formula is C19H16Br2ClN5OS. The van der Waals surface area contributed by atoms with E-state index < -0.39 is 0 Å². The Morgan fingerprint density at radius 3 is 2.62 bits per heavy atom. The molecule has 1 aliphatic heterocycles. The van der Waals surface area contributed by atoms with Gasteiger partial charge in [-0.05, 0) is 68.3 Å². The van der Waals surface area contributed by atoms with Gasteiger partial charge in [-0.25, -0.2) is 4.98 Å². The number of carbonyl (C=O) groups excluding carboxylic acids is 1. The van der Waals surface area contributed by atoms with Crippen molar-refractivity contribution in [2.45, 2.75) is 6.54 Å². The Labute approximate surface area is 193 Å². The number of hydrogen-bond donors (Lipinski definition) is 1. The average Bonchev–Trinajstić information content (AvgIpc) is 3.40. The third kappa shape index (κ3) is 4.28. The fraction of sp³-hybridized carbons (Fsp3) is 0.211. The molecule has 0 fully saturated rings. The zero-order valence-electron chi connectivity index (χ0n) is 15.3. The van der Waals surface area contributed by atoms with Crippen molar-refractivity contribution in [2.75, 3.05) is 20.1 Å². The van der Waals surface area contributed by atoms with Crippen molar-refractivity contribution in [1.29, 1.82) is 0 Å². The van der Waals surface area contributed by atoms with Gasteiger partial charge in [0.25, 0.3) is 5.91 Å². The van der Waals surface area contributed by atoms with Crippen LogP contribution in [0.2, 0.25) is 4.34 Å². The molecule has 3 heterocycles. The smallest absolute Gasteiger partial charge is 0.261 e. The number of imidazole rings is 1. The molecule has 150 valence electrons. The zero-order chi connectivity index (χ0) is 20.5. The molecule has 0 atom stereocenters. The maximum Gasteiger partial charge on any atom is 0.261 e. The Hall–Kier alpha value is -1.68. The summed E-state index contributed by atoms with van der Waals surface area (Å²) in [6.45, 7) is 2.07. The summed E-state index contributed by atoms with van der Waals surface area (Å²) in [6.07, 6.45) is 0. The monoisotopic (exact) mass is 555 g/mol. The number of carbonyl (C=O) groups is 1. The van der Waals surface area contributed by atoms with E-state index in [9.17, 15) is 4.79 Å². The summed E-state index contributed by atoms with van der Waals surface area (Å²) < 4.78 is 3.95. The summed E-state index contributed by atoms with van der Waals surface area (Å²) in [4.78, 5) is 24.1. The van der Waals surface area contributed by atoms with Crippen LogP contribution in [0.1, 0.15) is 20.9 Å². The van der Waals surface area contributed by atoms with Gasteiger partial charge in [0.05, 0.1) is 28.0 Å². The lowest BCUT2D eigenvalue weighted by molar-refractivity contribution is 0.0954. The van der Waals surface area contributed by atoms with Crippen LogP contribution in [0.25, 0.3) is 5.69 Å². The highest BCUT2D eigenvalue weighted by Gasteiger charge is 2.18. The Bertz CT molecular complexity index is 1090. The second-order valence-electron chi connectivity index (χ2n) is 6.41. The van der Waals surface area contributed by atoms with E-state index in [0.29, 0.717) is 20.5 Å². The third-order valence-corrected chi connectivity index (χ3v) is 7.08. The molecule has 10 heteroatoms. The molecule has 0 aliphatic carbocycles. The number of amides is 1. The number of benzene rings is 1. The lowest BCUT2D eigenvalue weighted by Crippen LogP contribution is -2.23. The van der Waals surface area contributed by atoms with E-state index in [4.69, 9.17) is 11.6 Å². The molecule has 2 aromatic heterocycles. The van der Waals surface area contributed by atoms with E-state index in [-0.39, 0.29) is 5.91 Å². The van der Waals surface area contributed by atoms with Gasteiger partial charge in [-0.3, -0.25) is 14.4 Å². The predicted octanol–water partition coefficient (Wildman–Crippen LogP) is 4.73. The number of nitrogens with one attached hydrogen (secondary N) is 1. The Balaban J connectivity index is 1.52. The number of thiophene rings is 1. The van der Waals surface area contributed by atoms with Gasteiger partial charge in [0.2, 0.25) is 0 Å². The molecule has 0 radical (unpaired) electrons. The minimum atomic E-state index is -0.176. The highest BCUT2D eigenvalue weighted by molar-refractivity contribution is 9.11. The largest absolute Gasteiger partial charge is 0.358 e. The number of aromatic nitrogens is 2. The summed E-state index contributed by atoms with van der Waals surface area (Å²) in [7, 11) is 2.05. The summed E-state index contributed by atoms with van der Waals surface area (Å²) in [5, 5.41) is 2.88. The SMILES string of the molecule is CN1CCN=C1c1ccc(-n2c(Br)nc(CNC(=O)c3ccc(Cl)s3)c2Br)cc1. The minimum Gasteiger partial charge on any atom is -0.358 e. The zero-order valence-corrected chi connectivity index (χ0v) is 20.1. The van der Waals surface area contributed by atoms with Crippen LogP contribution in [-0.2, 0) is 6.54 Å². The normalized spacial score (nSPS) is 13.7. The molecule has 6 nitrogen and oxygen atoms in total. The highest BCUT2D eigenvalue weighted by Crippen LogP contribution is 2.28. The molecule has 0 unspecified atom stereocenters. The van der Waals surface area contributed by atoms with Gasteiger partial charge in [0.15, 0.2) is 4.73 Å². The molecule has 1 aliphatic rings. The molecule has 0 saturated heterocycles. The average molecular weight is 558 g/mol. The molecule has 3 aromatic rings. The molecule has 4 rings (SSSR count). The molecule has 1 aromatic carbocycles. The highest BCUT2D eigenvalue weighted by atomic mass is 79.9. The fourth-order valence-electron chi connectivity index (χ4n) is 3.04. The van der Waals surface area contributed by atoms with Crippen LogP contribution in [0.4, 0.5) is 0 Å². The fourth-order valence-corrected chi connectivity index (χ4v) is 5.44.